The molecule has 2 heteroatoms. The number of rotatable bonds is 2. The van der Waals surface area contributed by atoms with Crippen molar-refractivity contribution in [1.29, 1.82) is 0 Å². The molecular formula is C18H23BrO. The Balaban J connectivity index is 2.37. The molecule has 2 rings (SSSR count). The largest absolute Gasteiger partial charge is 0.466 e. The molecule has 2 aromatic rings. The highest BCUT2D eigenvalue weighted by Crippen LogP contribution is 2.38. The van der Waals surface area contributed by atoms with Gasteiger partial charge in [-0.3, -0.25) is 0 Å². The fourth-order valence-electron chi connectivity index (χ4n) is 2.50. The van der Waals surface area contributed by atoms with E-state index in [0.29, 0.717) is 0 Å². The monoisotopic (exact) mass is 334 g/mol. The van der Waals surface area contributed by atoms with Gasteiger partial charge in [0.25, 0.3) is 0 Å². The molecule has 1 atom stereocenters. The predicted molar refractivity (Wildman–Crippen MR) is 88.8 cm³/mol. The number of furan rings is 1. The summed E-state index contributed by atoms with van der Waals surface area (Å²) >= 11 is 3.82. The Kier molecular flexibility index (Phi) is 4.15. The molecule has 0 spiro atoms. The van der Waals surface area contributed by atoms with Crippen LogP contribution in [0.2, 0.25) is 0 Å². The van der Waals surface area contributed by atoms with Crippen LogP contribution in [-0.2, 0) is 5.41 Å². The maximum absolute atomic E-state index is 5.74. The van der Waals surface area contributed by atoms with Gasteiger partial charge in [0.15, 0.2) is 0 Å². The maximum Gasteiger partial charge on any atom is 0.106 e. The van der Waals surface area contributed by atoms with Gasteiger partial charge in [0.1, 0.15) is 11.5 Å². The predicted octanol–water partition coefficient (Wildman–Crippen LogP) is 5.99. The normalized spacial score (nSPS) is 13.6. The van der Waals surface area contributed by atoms with E-state index in [4.69, 9.17) is 4.42 Å². The Hall–Kier alpha value is -1.02. The average molecular weight is 335 g/mol. The lowest BCUT2D eigenvalue weighted by atomic mass is 9.86. The van der Waals surface area contributed by atoms with Gasteiger partial charge >= 0.3 is 0 Å². The van der Waals surface area contributed by atoms with E-state index in [0.717, 1.165) is 11.5 Å². The summed E-state index contributed by atoms with van der Waals surface area (Å²) in [5.41, 5.74) is 5.32. The van der Waals surface area contributed by atoms with Crippen molar-refractivity contribution < 1.29 is 4.42 Å². The lowest BCUT2D eigenvalue weighted by Gasteiger charge is -2.20. The third kappa shape index (κ3) is 2.85. The van der Waals surface area contributed by atoms with Gasteiger partial charge in [-0.1, -0.05) is 61.0 Å². The van der Waals surface area contributed by atoms with E-state index in [1.807, 2.05) is 13.8 Å². The molecule has 1 aromatic carbocycles. The number of hydrogen-bond acceptors (Lipinski definition) is 1. The summed E-state index contributed by atoms with van der Waals surface area (Å²) < 4.78 is 5.74. The van der Waals surface area contributed by atoms with E-state index in [1.54, 1.807) is 0 Å². The van der Waals surface area contributed by atoms with Crippen LogP contribution in [-0.4, -0.2) is 0 Å². The van der Waals surface area contributed by atoms with Crippen molar-refractivity contribution in [2.75, 3.05) is 0 Å². The third-order valence-electron chi connectivity index (χ3n) is 3.94. The quantitative estimate of drug-likeness (QED) is 0.615. The van der Waals surface area contributed by atoms with Gasteiger partial charge in [-0.05, 0) is 42.9 Å². The Bertz CT molecular complexity index is 600. The SMILES string of the molecule is Cc1oc(C)c(C(Br)c2ccc(C(C)(C)C)cc2)c1C. The summed E-state index contributed by atoms with van der Waals surface area (Å²) in [5, 5.41) is 0. The minimum atomic E-state index is 0.189. The van der Waals surface area contributed by atoms with Crippen LogP contribution in [0.25, 0.3) is 0 Å². The van der Waals surface area contributed by atoms with Crippen molar-refractivity contribution in [3.63, 3.8) is 0 Å². The summed E-state index contributed by atoms with van der Waals surface area (Å²) in [6.07, 6.45) is 0. The molecule has 1 heterocycles. The molecule has 0 saturated heterocycles. The second-order valence-electron chi connectivity index (χ2n) is 6.49. The smallest absolute Gasteiger partial charge is 0.106 e. The number of halogens is 1. The Morgan fingerprint density at radius 3 is 1.90 bits per heavy atom. The van der Waals surface area contributed by atoms with Crippen LogP contribution in [0.15, 0.2) is 28.7 Å². The zero-order valence-corrected chi connectivity index (χ0v) is 14.8. The molecule has 0 bridgehead atoms. The zero-order chi connectivity index (χ0) is 15.1. The van der Waals surface area contributed by atoms with Crippen molar-refractivity contribution in [2.24, 2.45) is 0 Å². The molecule has 0 radical (unpaired) electrons. The standard InChI is InChI=1S/C18H23BrO/c1-11-12(2)20-13(3)16(11)17(19)14-7-9-15(10-8-14)18(4,5)6/h7-10,17H,1-6H3. The van der Waals surface area contributed by atoms with Crippen LogP contribution in [0.5, 0.6) is 0 Å². The molecule has 0 aliphatic carbocycles. The van der Waals surface area contributed by atoms with Crippen LogP contribution >= 0.6 is 15.9 Å². The summed E-state index contributed by atoms with van der Waals surface area (Å²) in [4.78, 5) is 0.189. The highest BCUT2D eigenvalue weighted by molar-refractivity contribution is 9.09. The van der Waals surface area contributed by atoms with Crippen molar-refractivity contribution in [3.8, 4) is 0 Å². The molecular weight excluding hydrogens is 312 g/mol. The van der Waals surface area contributed by atoms with Crippen molar-refractivity contribution in [2.45, 2.75) is 51.8 Å². The van der Waals surface area contributed by atoms with Gasteiger partial charge in [0.05, 0.1) is 4.83 Å². The average Bonchev–Trinajstić information content (AvgIpc) is 2.62. The van der Waals surface area contributed by atoms with Crippen molar-refractivity contribution in [3.05, 3.63) is 58.0 Å². The van der Waals surface area contributed by atoms with E-state index >= 15 is 0 Å². The molecule has 0 amide bonds. The molecule has 0 aliphatic heterocycles. The first-order valence-electron chi connectivity index (χ1n) is 7.03. The minimum Gasteiger partial charge on any atom is -0.466 e. The molecule has 1 unspecified atom stereocenters. The van der Waals surface area contributed by atoms with Crippen LogP contribution in [0.1, 0.15) is 59.4 Å². The Morgan fingerprint density at radius 2 is 1.50 bits per heavy atom. The molecule has 0 saturated carbocycles. The number of hydrogen-bond donors (Lipinski definition) is 0. The number of benzene rings is 1. The van der Waals surface area contributed by atoms with Gasteiger partial charge in [-0.15, -0.1) is 0 Å². The van der Waals surface area contributed by atoms with E-state index in [1.165, 1.54) is 22.3 Å². The van der Waals surface area contributed by atoms with Crippen LogP contribution in [0.4, 0.5) is 0 Å². The molecule has 108 valence electrons. The summed E-state index contributed by atoms with van der Waals surface area (Å²) in [6.45, 7) is 12.9. The molecule has 0 N–H and O–H groups in total. The second-order valence-corrected chi connectivity index (χ2v) is 7.40. The van der Waals surface area contributed by atoms with Crippen molar-refractivity contribution >= 4 is 15.9 Å². The Morgan fingerprint density at radius 1 is 0.950 bits per heavy atom. The van der Waals surface area contributed by atoms with Gasteiger partial charge < -0.3 is 4.42 Å². The van der Waals surface area contributed by atoms with E-state index in [-0.39, 0.29) is 10.2 Å². The number of aryl methyl sites for hydroxylation is 2. The van der Waals surface area contributed by atoms with Crippen molar-refractivity contribution in [1.82, 2.24) is 0 Å². The molecule has 0 fully saturated rings. The van der Waals surface area contributed by atoms with Gasteiger partial charge in [0.2, 0.25) is 0 Å². The summed E-state index contributed by atoms with van der Waals surface area (Å²) in [7, 11) is 0. The lowest BCUT2D eigenvalue weighted by Crippen LogP contribution is -2.10. The summed E-state index contributed by atoms with van der Waals surface area (Å²) in [5.74, 6) is 2.01. The van der Waals surface area contributed by atoms with E-state index in [2.05, 4.69) is 67.9 Å². The zero-order valence-electron chi connectivity index (χ0n) is 13.2. The molecule has 20 heavy (non-hydrogen) atoms. The van der Waals surface area contributed by atoms with Crippen LogP contribution in [0.3, 0.4) is 0 Å². The highest BCUT2D eigenvalue weighted by Gasteiger charge is 2.21. The second kappa shape index (κ2) is 5.40. The van der Waals surface area contributed by atoms with E-state index in [9.17, 15) is 0 Å². The molecule has 0 aliphatic rings. The van der Waals surface area contributed by atoms with Gasteiger partial charge in [-0.2, -0.15) is 0 Å². The van der Waals surface area contributed by atoms with Crippen LogP contribution < -0.4 is 0 Å². The minimum absolute atomic E-state index is 0.189. The first-order chi connectivity index (χ1) is 9.21. The molecule has 1 nitrogen and oxygen atoms in total. The topological polar surface area (TPSA) is 13.1 Å². The lowest BCUT2D eigenvalue weighted by molar-refractivity contribution is 0.500. The highest BCUT2D eigenvalue weighted by atomic mass is 79.9. The maximum atomic E-state index is 5.74. The first-order valence-corrected chi connectivity index (χ1v) is 7.94. The summed E-state index contributed by atoms with van der Waals surface area (Å²) in [6, 6.07) is 8.87. The fraction of sp³-hybridized carbons (Fsp3) is 0.444. The third-order valence-corrected chi connectivity index (χ3v) is 4.93. The van der Waals surface area contributed by atoms with Gasteiger partial charge in [0, 0.05) is 5.56 Å². The first kappa shape index (κ1) is 15.4. The Labute approximate surface area is 130 Å². The fourth-order valence-corrected chi connectivity index (χ4v) is 3.47. The van der Waals surface area contributed by atoms with Gasteiger partial charge in [-0.25, -0.2) is 0 Å². The molecule has 1 aromatic heterocycles. The van der Waals surface area contributed by atoms with Crippen LogP contribution in [0, 0.1) is 20.8 Å². The van der Waals surface area contributed by atoms with E-state index < -0.39 is 0 Å². The number of alkyl halides is 1.